The van der Waals surface area contributed by atoms with Gasteiger partial charge in [-0.15, -0.1) is 0 Å². The van der Waals surface area contributed by atoms with Gasteiger partial charge in [0.15, 0.2) is 0 Å². The second-order valence-corrected chi connectivity index (χ2v) is 6.11. The Morgan fingerprint density at radius 2 is 2.04 bits per heavy atom. The number of hydrogen-bond acceptors (Lipinski definition) is 4. The number of rotatable bonds is 3. The van der Waals surface area contributed by atoms with Gasteiger partial charge >= 0.3 is 5.97 Å². The molecule has 0 unspecified atom stereocenters. The van der Waals surface area contributed by atoms with Gasteiger partial charge in [-0.25, -0.2) is 4.79 Å². The Labute approximate surface area is 146 Å². The first kappa shape index (κ1) is 17.0. The molecule has 1 aliphatic heterocycles. The van der Waals surface area contributed by atoms with Gasteiger partial charge in [0.1, 0.15) is 0 Å². The Morgan fingerprint density at radius 3 is 2.72 bits per heavy atom. The van der Waals surface area contributed by atoms with Crippen LogP contribution in [-0.2, 0) is 16.6 Å². The standard InChI is InChI=1S/C19H21N3O3/c1-6-25-19(24)16-11(3)15(22(5)12(16)4)9-13-17-14(21-18(13)23)8-7-10(2)20-17/h7-9H,6H2,1-5H3,(H,21,23). The third-order valence-electron chi connectivity index (χ3n) is 4.53. The number of nitrogens with one attached hydrogen (secondary N) is 1. The maximum absolute atomic E-state index is 12.4. The van der Waals surface area contributed by atoms with Crippen molar-refractivity contribution < 1.29 is 14.3 Å². The van der Waals surface area contributed by atoms with E-state index in [1.54, 1.807) is 13.0 Å². The van der Waals surface area contributed by atoms with E-state index >= 15 is 0 Å². The third kappa shape index (κ3) is 2.73. The van der Waals surface area contributed by atoms with Crippen LogP contribution in [0.2, 0.25) is 0 Å². The van der Waals surface area contributed by atoms with Gasteiger partial charge in [-0.1, -0.05) is 0 Å². The molecule has 25 heavy (non-hydrogen) atoms. The molecule has 0 saturated heterocycles. The average Bonchev–Trinajstić information content (AvgIpc) is 2.97. The van der Waals surface area contributed by atoms with Crippen molar-refractivity contribution in [3.63, 3.8) is 0 Å². The minimum atomic E-state index is -0.344. The first-order valence-electron chi connectivity index (χ1n) is 8.19. The van der Waals surface area contributed by atoms with Crippen LogP contribution < -0.4 is 5.32 Å². The molecule has 0 aromatic carbocycles. The number of ether oxygens (including phenoxy) is 1. The molecule has 6 heteroatoms. The molecule has 3 rings (SSSR count). The van der Waals surface area contributed by atoms with E-state index in [9.17, 15) is 9.59 Å². The monoisotopic (exact) mass is 339 g/mol. The first-order chi connectivity index (χ1) is 11.8. The van der Waals surface area contributed by atoms with Gasteiger partial charge in [0.25, 0.3) is 5.91 Å². The molecule has 1 N–H and O–H groups in total. The van der Waals surface area contributed by atoms with Crippen LogP contribution in [0.4, 0.5) is 5.69 Å². The molecular weight excluding hydrogens is 318 g/mol. The number of esters is 1. The molecule has 0 atom stereocenters. The summed E-state index contributed by atoms with van der Waals surface area (Å²) in [5.41, 5.74) is 5.62. The molecule has 2 aromatic heterocycles. The van der Waals surface area contributed by atoms with Gasteiger partial charge in [0.05, 0.1) is 29.1 Å². The molecule has 0 spiro atoms. The number of anilines is 1. The molecule has 130 valence electrons. The Hall–Kier alpha value is -2.89. The van der Waals surface area contributed by atoms with Crippen molar-refractivity contribution in [3.8, 4) is 0 Å². The maximum atomic E-state index is 12.4. The van der Waals surface area contributed by atoms with Crippen molar-refractivity contribution in [2.24, 2.45) is 7.05 Å². The fraction of sp³-hybridized carbons (Fsp3) is 0.316. The second kappa shape index (κ2) is 6.20. The number of amides is 1. The van der Waals surface area contributed by atoms with Gasteiger partial charge in [-0.05, 0) is 51.5 Å². The minimum Gasteiger partial charge on any atom is -0.462 e. The van der Waals surface area contributed by atoms with Crippen LogP contribution in [0.5, 0.6) is 0 Å². The Kier molecular flexibility index (Phi) is 4.20. The zero-order valence-electron chi connectivity index (χ0n) is 15.1. The molecular formula is C19H21N3O3. The zero-order valence-corrected chi connectivity index (χ0v) is 15.1. The summed E-state index contributed by atoms with van der Waals surface area (Å²) in [6.45, 7) is 7.72. The molecule has 6 nitrogen and oxygen atoms in total. The SMILES string of the molecule is CCOC(=O)c1c(C)c(C=C2C(=O)Nc3ccc(C)nc32)n(C)c1C. The summed E-state index contributed by atoms with van der Waals surface area (Å²) >= 11 is 0. The topological polar surface area (TPSA) is 73.2 Å². The molecule has 0 aliphatic carbocycles. The van der Waals surface area contributed by atoms with Crippen LogP contribution in [0.3, 0.4) is 0 Å². The molecule has 2 aromatic rings. The van der Waals surface area contributed by atoms with E-state index in [1.807, 2.05) is 44.5 Å². The van der Waals surface area contributed by atoms with Crippen LogP contribution in [0.25, 0.3) is 11.6 Å². The molecule has 1 aliphatic rings. The number of nitrogens with zero attached hydrogens (tertiary/aromatic N) is 2. The predicted molar refractivity (Wildman–Crippen MR) is 96.3 cm³/mol. The highest BCUT2D eigenvalue weighted by molar-refractivity contribution is 6.34. The van der Waals surface area contributed by atoms with E-state index in [-0.39, 0.29) is 11.9 Å². The summed E-state index contributed by atoms with van der Waals surface area (Å²) < 4.78 is 7.05. The van der Waals surface area contributed by atoms with Gasteiger partial charge in [-0.2, -0.15) is 0 Å². The lowest BCUT2D eigenvalue weighted by molar-refractivity contribution is -0.110. The first-order valence-corrected chi connectivity index (χ1v) is 8.19. The Bertz CT molecular complexity index is 922. The maximum Gasteiger partial charge on any atom is 0.340 e. The molecule has 0 fully saturated rings. The van der Waals surface area contributed by atoms with Gasteiger partial charge < -0.3 is 14.6 Å². The lowest BCUT2D eigenvalue weighted by Crippen LogP contribution is -2.07. The number of aryl methyl sites for hydroxylation is 1. The number of carbonyl (C=O) groups is 2. The van der Waals surface area contributed by atoms with Crippen LogP contribution in [-0.4, -0.2) is 28.0 Å². The highest BCUT2D eigenvalue weighted by Crippen LogP contribution is 2.33. The molecule has 0 radical (unpaired) electrons. The number of pyridine rings is 1. The average molecular weight is 339 g/mol. The van der Waals surface area contributed by atoms with Crippen LogP contribution in [0, 0.1) is 20.8 Å². The van der Waals surface area contributed by atoms with Crippen molar-refractivity contribution in [1.82, 2.24) is 9.55 Å². The lowest BCUT2D eigenvalue weighted by atomic mass is 10.1. The summed E-state index contributed by atoms with van der Waals surface area (Å²) in [4.78, 5) is 29.1. The smallest absolute Gasteiger partial charge is 0.340 e. The highest BCUT2D eigenvalue weighted by atomic mass is 16.5. The quantitative estimate of drug-likeness (QED) is 0.689. The fourth-order valence-electron chi connectivity index (χ4n) is 3.14. The summed E-state index contributed by atoms with van der Waals surface area (Å²) in [6.07, 6.45) is 1.79. The van der Waals surface area contributed by atoms with E-state index in [4.69, 9.17) is 4.74 Å². The number of carbonyl (C=O) groups excluding carboxylic acids is 2. The van der Waals surface area contributed by atoms with Crippen molar-refractivity contribution in [1.29, 1.82) is 0 Å². The predicted octanol–water partition coefficient (Wildman–Crippen LogP) is 3.01. The lowest BCUT2D eigenvalue weighted by Gasteiger charge is -2.03. The highest BCUT2D eigenvalue weighted by Gasteiger charge is 2.28. The summed E-state index contributed by atoms with van der Waals surface area (Å²) in [5, 5.41) is 2.83. The summed E-state index contributed by atoms with van der Waals surface area (Å²) in [6, 6.07) is 3.71. The van der Waals surface area contributed by atoms with E-state index in [0.29, 0.717) is 29.1 Å². The van der Waals surface area contributed by atoms with E-state index in [1.165, 1.54) is 0 Å². The number of fused-ring (bicyclic) bond motifs is 1. The molecule has 0 saturated carbocycles. The third-order valence-corrected chi connectivity index (χ3v) is 4.53. The van der Waals surface area contributed by atoms with Crippen molar-refractivity contribution >= 4 is 29.2 Å². The summed E-state index contributed by atoms with van der Waals surface area (Å²) in [5.74, 6) is -0.535. The summed E-state index contributed by atoms with van der Waals surface area (Å²) in [7, 11) is 1.87. The van der Waals surface area contributed by atoms with Gasteiger partial charge in [-0.3, -0.25) is 9.78 Å². The van der Waals surface area contributed by atoms with E-state index in [2.05, 4.69) is 10.3 Å². The largest absolute Gasteiger partial charge is 0.462 e. The van der Waals surface area contributed by atoms with Crippen molar-refractivity contribution in [3.05, 3.63) is 46.0 Å². The molecule has 1 amide bonds. The van der Waals surface area contributed by atoms with Crippen LogP contribution in [0.1, 0.15) is 45.6 Å². The second-order valence-electron chi connectivity index (χ2n) is 6.11. The van der Waals surface area contributed by atoms with E-state index in [0.717, 1.165) is 22.6 Å². The zero-order chi connectivity index (χ0) is 18.3. The van der Waals surface area contributed by atoms with Crippen molar-refractivity contribution in [2.75, 3.05) is 11.9 Å². The van der Waals surface area contributed by atoms with Crippen LogP contribution >= 0.6 is 0 Å². The van der Waals surface area contributed by atoms with Gasteiger partial charge in [0.2, 0.25) is 0 Å². The normalized spacial score (nSPS) is 14.6. The molecule has 3 heterocycles. The Morgan fingerprint density at radius 1 is 1.32 bits per heavy atom. The van der Waals surface area contributed by atoms with Gasteiger partial charge in [0, 0.05) is 24.1 Å². The van der Waals surface area contributed by atoms with Crippen molar-refractivity contribution in [2.45, 2.75) is 27.7 Å². The number of hydrogen-bond donors (Lipinski definition) is 1. The fourth-order valence-corrected chi connectivity index (χ4v) is 3.14. The molecule has 0 bridgehead atoms. The van der Waals surface area contributed by atoms with Crippen LogP contribution in [0.15, 0.2) is 12.1 Å². The van der Waals surface area contributed by atoms with E-state index < -0.39 is 0 Å². The minimum absolute atomic E-state index is 0.191. The number of aromatic nitrogens is 2. The Balaban J connectivity index is 2.15.